The van der Waals surface area contributed by atoms with Gasteiger partial charge < -0.3 is 0 Å². The van der Waals surface area contributed by atoms with E-state index in [2.05, 4.69) is 89.3 Å². The number of pyridine rings is 3. The van der Waals surface area contributed by atoms with E-state index < -0.39 is 0 Å². The molecule has 0 fully saturated rings. The summed E-state index contributed by atoms with van der Waals surface area (Å²) in [5.74, 6) is 2.22. The topological polar surface area (TPSA) is 14.9 Å². The molecule has 0 saturated carbocycles. The summed E-state index contributed by atoms with van der Waals surface area (Å²) >= 11 is 0. The van der Waals surface area contributed by atoms with Gasteiger partial charge in [0.1, 0.15) is 12.7 Å². The van der Waals surface area contributed by atoms with Crippen LogP contribution in [0.25, 0.3) is 0 Å². The molecule has 4 nitrogen and oxygen atoms in total. The Bertz CT molecular complexity index is 736. The summed E-state index contributed by atoms with van der Waals surface area (Å²) < 4.78 is 6.29. The molecule has 0 radical (unpaired) electrons. The molecule has 3 aromatic heterocycles. The van der Waals surface area contributed by atoms with E-state index in [4.69, 9.17) is 0 Å². The number of rotatable bonds is 3. The van der Waals surface area contributed by atoms with E-state index in [9.17, 15) is 0 Å². The maximum Gasteiger partial charge on any atom is 0.289 e. The molecule has 0 N–H and O–H groups in total. The first kappa shape index (κ1) is 14.2. The summed E-state index contributed by atoms with van der Waals surface area (Å²) in [6.45, 7) is 0. The predicted octanol–water partition coefficient (Wildman–Crippen LogP) is 1.63. The van der Waals surface area contributed by atoms with Gasteiger partial charge in [-0.15, -0.1) is 0 Å². The molecule has 0 aliphatic rings. The molecule has 0 atom stereocenters. The van der Waals surface area contributed by atoms with Gasteiger partial charge in [0.2, 0.25) is 0 Å². The van der Waals surface area contributed by atoms with Crippen molar-refractivity contribution in [1.29, 1.82) is 0 Å². The van der Waals surface area contributed by atoms with Gasteiger partial charge in [0.15, 0.2) is 12.4 Å². The fourth-order valence-electron chi connectivity index (χ4n) is 2.52. The molecular weight excluding hydrogens is 272 g/mol. The van der Waals surface area contributed by atoms with Gasteiger partial charge >= 0.3 is 0 Å². The largest absolute Gasteiger partial charge is 0.289 e. The van der Waals surface area contributed by atoms with E-state index in [1.807, 2.05) is 23.7 Å². The van der Waals surface area contributed by atoms with Crippen LogP contribution < -0.4 is 18.6 Å². The molecule has 110 valence electrons. The molecule has 0 aliphatic carbocycles. The monoisotopic (exact) mass is 293 g/mol. The van der Waals surface area contributed by atoms with Crippen LogP contribution in [0.2, 0.25) is 0 Å². The first-order valence-corrected chi connectivity index (χ1v) is 7.31. The third kappa shape index (κ3) is 2.68. The minimum absolute atomic E-state index is 1.11. The van der Waals surface area contributed by atoms with Crippen LogP contribution in [0.5, 0.6) is 0 Å². The molecule has 3 heterocycles. The van der Waals surface area contributed by atoms with Crippen LogP contribution in [-0.4, -0.2) is 0 Å². The molecule has 0 unspecified atom stereocenters. The number of aromatic nitrogens is 3. The molecule has 0 aromatic carbocycles. The van der Waals surface area contributed by atoms with Crippen molar-refractivity contribution in [2.75, 3.05) is 4.90 Å². The van der Waals surface area contributed by atoms with E-state index in [0.717, 1.165) is 17.3 Å². The van der Waals surface area contributed by atoms with Crippen LogP contribution in [0.3, 0.4) is 0 Å². The smallest absolute Gasteiger partial charge is 0.236 e. The van der Waals surface area contributed by atoms with Crippen molar-refractivity contribution >= 4 is 17.3 Å². The summed E-state index contributed by atoms with van der Waals surface area (Å²) in [7, 11) is 6.15. The van der Waals surface area contributed by atoms with Crippen molar-refractivity contribution in [1.82, 2.24) is 0 Å². The molecule has 0 saturated heterocycles. The molecule has 0 bridgehead atoms. The van der Waals surface area contributed by atoms with E-state index in [1.54, 1.807) is 0 Å². The molecule has 3 aromatic rings. The lowest BCUT2D eigenvalue weighted by atomic mass is 10.3. The Morgan fingerprint density at radius 3 is 1.59 bits per heavy atom. The van der Waals surface area contributed by atoms with Crippen LogP contribution in [0.1, 0.15) is 0 Å². The van der Waals surface area contributed by atoms with Crippen LogP contribution in [0.4, 0.5) is 17.3 Å². The van der Waals surface area contributed by atoms with Crippen molar-refractivity contribution in [2.45, 2.75) is 0 Å². The fourth-order valence-corrected chi connectivity index (χ4v) is 2.52. The standard InChI is InChI=1S/C18H21N4/c1-19-14-10-16(11-15-19)22(17-8-4-6-12-20(17)2)18-9-5-7-13-21(18)3/h4-15H,1-3H3/q+3. The first-order chi connectivity index (χ1) is 10.7. The quantitative estimate of drug-likeness (QED) is 0.670. The Kier molecular flexibility index (Phi) is 3.83. The maximum absolute atomic E-state index is 2.25. The summed E-state index contributed by atoms with van der Waals surface area (Å²) in [4.78, 5) is 2.25. The van der Waals surface area contributed by atoms with Crippen LogP contribution in [0, 0.1) is 0 Å². The number of aryl methyl sites for hydroxylation is 3. The number of nitrogens with zero attached hydrogens (tertiary/aromatic N) is 4. The number of hydrogen-bond acceptors (Lipinski definition) is 1. The minimum Gasteiger partial charge on any atom is -0.236 e. The van der Waals surface area contributed by atoms with Crippen molar-refractivity contribution in [3.63, 3.8) is 0 Å². The van der Waals surface area contributed by atoms with E-state index >= 15 is 0 Å². The second-order valence-electron chi connectivity index (χ2n) is 5.40. The second-order valence-corrected chi connectivity index (χ2v) is 5.40. The third-order valence-corrected chi connectivity index (χ3v) is 3.73. The highest BCUT2D eigenvalue weighted by molar-refractivity contribution is 5.68. The zero-order valence-corrected chi connectivity index (χ0v) is 13.2. The average molecular weight is 293 g/mol. The highest BCUT2D eigenvalue weighted by atomic mass is 15.3. The van der Waals surface area contributed by atoms with E-state index in [-0.39, 0.29) is 0 Å². The van der Waals surface area contributed by atoms with Crippen LogP contribution >= 0.6 is 0 Å². The fraction of sp³-hybridized carbons (Fsp3) is 0.167. The van der Waals surface area contributed by atoms with Crippen molar-refractivity contribution in [3.8, 4) is 0 Å². The van der Waals surface area contributed by atoms with Gasteiger partial charge in [-0.05, 0) is 12.1 Å². The molecule has 0 spiro atoms. The lowest BCUT2D eigenvalue weighted by molar-refractivity contribution is -0.671. The third-order valence-electron chi connectivity index (χ3n) is 3.73. The lowest BCUT2D eigenvalue weighted by Crippen LogP contribution is -2.41. The maximum atomic E-state index is 2.25. The Morgan fingerprint density at radius 2 is 1.14 bits per heavy atom. The van der Waals surface area contributed by atoms with Crippen LogP contribution in [-0.2, 0) is 21.1 Å². The normalized spacial score (nSPS) is 10.5. The first-order valence-electron chi connectivity index (χ1n) is 7.31. The molecular formula is C18H21N4+3. The summed E-state index contributed by atoms with van der Waals surface area (Å²) in [5.41, 5.74) is 1.13. The predicted molar refractivity (Wildman–Crippen MR) is 84.7 cm³/mol. The Morgan fingerprint density at radius 1 is 0.636 bits per heavy atom. The Balaban J connectivity index is 2.21. The SMILES string of the molecule is C[n+]1ccc(N(c2cccc[n+]2C)c2cccc[n+]2C)cc1. The molecule has 4 heteroatoms. The summed E-state index contributed by atoms with van der Waals surface area (Å²) in [6.07, 6.45) is 8.25. The molecule has 22 heavy (non-hydrogen) atoms. The van der Waals surface area contributed by atoms with E-state index in [1.165, 1.54) is 0 Å². The van der Waals surface area contributed by atoms with Gasteiger partial charge in [-0.1, -0.05) is 12.1 Å². The van der Waals surface area contributed by atoms with Gasteiger partial charge in [-0.25, -0.2) is 13.7 Å². The van der Waals surface area contributed by atoms with Gasteiger partial charge in [0.25, 0.3) is 11.6 Å². The van der Waals surface area contributed by atoms with E-state index in [0.29, 0.717) is 0 Å². The summed E-state index contributed by atoms with van der Waals surface area (Å²) in [5, 5.41) is 0. The van der Waals surface area contributed by atoms with Gasteiger partial charge in [0, 0.05) is 24.3 Å². The van der Waals surface area contributed by atoms with Crippen LogP contribution in [0.15, 0.2) is 73.3 Å². The van der Waals surface area contributed by atoms with Crippen molar-refractivity contribution in [2.24, 2.45) is 21.1 Å². The van der Waals surface area contributed by atoms with Gasteiger partial charge in [-0.2, -0.15) is 4.90 Å². The highest BCUT2D eigenvalue weighted by Crippen LogP contribution is 2.28. The van der Waals surface area contributed by atoms with Crippen molar-refractivity contribution < 1.29 is 13.7 Å². The molecule has 0 amide bonds. The average Bonchev–Trinajstić information content (AvgIpc) is 2.53. The number of anilines is 3. The van der Waals surface area contributed by atoms with Gasteiger partial charge in [0.05, 0.1) is 26.5 Å². The minimum atomic E-state index is 1.11. The number of hydrogen-bond donors (Lipinski definition) is 0. The molecule has 0 aliphatic heterocycles. The molecule has 3 rings (SSSR count). The zero-order valence-electron chi connectivity index (χ0n) is 13.2. The lowest BCUT2D eigenvalue weighted by Gasteiger charge is -2.17. The zero-order chi connectivity index (χ0) is 15.5. The van der Waals surface area contributed by atoms with Crippen molar-refractivity contribution in [3.05, 3.63) is 73.3 Å². The second kappa shape index (κ2) is 5.93. The highest BCUT2D eigenvalue weighted by Gasteiger charge is 2.27. The van der Waals surface area contributed by atoms with Gasteiger partial charge in [-0.3, -0.25) is 0 Å². The Labute approximate surface area is 131 Å². The summed E-state index contributed by atoms with van der Waals surface area (Å²) in [6, 6.07) is 16.7. The Hall–Kier alpha value is -2.75.